The first-order valence-corrected chi connectivity index (χ1v) is 9.18. The highest BCUT2D eigenvalue weighted by molar-refractivity contribution is 5.75. The van der Waals surface area contributed by atoms with Crippen molar-refractivity contribution in [2.45, 2.75) is 64.9 Å². The molecule has 0 aromatic rings. The molecule has 23 heavy (non-hydrogen) atoms. The van der Waals surface area contributed by atoms with Gasteiger partial charge >= 0.3 is 5.97 Å². The second-order valence-corrected chi connectivity index (χ2v) is 8.55. The molecule has 0 aromatic heterocycles. The normalized spacial score (nSPS) is 45.9. The van der Waals surface area contributed by atoms with Gasteiger partial charge in [-0.2, -0.15) is 0 Å². The molecule has 0 aromatic carbocycles. The first kappa shape index (κ1) is 15.4. The molecule has 1 heterocycles. The molecule has 1 aliphatic heterocycles. The summed E-state index contributed by atoms with van der Waals surface area (Å²) in [4.78, 5) is 12.0. The first-order valence-electron chi connectivity index (χ1n) is 9.18. The fraction of sp³-hybridized carbons (Fsp3) is 0.750. The van der Waals surface area contributed by atoms with Crippen molar-refractivity contribution in [2.24, 2.45) is 22.7 Å². The van der Waals surface area contributed by atoms with Gasteiger partial charge in [-0.25, -0.2) is 0 Å². The van der Waals surface area contributed by atoms with Gasteiger partial charge < -0.3 is 9.84 Å². The van der Waals surface area contributed by atoms with Gasteiger partial charge in [0.05, 0.1) is 18.1 Å². The zero-order chi connectivity index (χ0) is 16.2. The number of aliphatic carboxylic acids is 1. The maximum atomic E-state index is 12.0. The lowest BCUT2D eigenvalue weighted by atomic mass is 9.47. The highest BCUT2D eigenvalue weighted by Gasteiger charge is 2.57. The lowest BCUT2D eigenvalue weighted by Crippen LogP contribution is -2.52. The van der Waals surface area contributed by atoms with Crippen molar-refractivity contribution in [3.05, 3.63) is 23.3 Å². The molecule has 3 aliphatic carbocycles. The number of carbonyl (C=O) groups is 1. The number of allylic oxidation sites excluding steroid dienone is 1. The molecule has 4 rings (SSSR count). The Labute approximate surface area is 138 Å². The van der Waals surface area contributed by atoms with Crippen LogP contribution in [0.1, 0.15) is 58.8 Å². The lowest BCUT2D eigenvalue weighted by Gasteiger charge is -2.56. The van der Waals surface area contributed by atoms with E-state index in [-0.39, 0.29) is 11.3 Å². The summed E-state index contributed by atoms with van der Waals surface area (Å²) in [5.74, 6) is 0.208. The van der Waals surface area contributed by atoms with E-state index in [2.05, 4.69) is 19.1 Å². The summed E-state index contributed by atoms with van der Waals surface area (Å²) in [7, 11) is 0. The smallest absolute Gasteiger partial charge is 0.309 e. The number of rotatable bonds is 1. The maximum absolute atomic E-state index is 12.0. The van der Waals surface area contributed by atoms with E-state index in [0.717, 1.165) is 38.7 Å². The molecule has 2 fully saturated rings. The first-order chi connectivity index (χ1) is 10.9. The molecule has 126 valence electrons. The van der Waals surface area contributed by atoms with Crippen molar-refractivity contribution in [3.63, 3.8) is 0 Å². The summed E-state index contributed by atoms with van der Waals surface area (Å²) in [5, 5.41) is 9.88. The maximum Gasteiger partial charge on any atom is 0.309 e. The summed E-state index contributed by atoms with van der Waals surface area (Å²) in [6.07, 6.45) is 12.2. The van der Waals surface area contributed by atoms with Crippen LogP contribution in [0.3, 0.4) is 0 Å². The molecule has 0 radical (unpaired) electrons. The second-order valence-electron chi connectivity index (χ2n) is 8.55. The van der Waals surface area contributed by atoms with Crippen LogP contribution >= 0.6 is 0 Å². The molecule has 0 spiro atoms. The van der Waals surface area contributed by atoms with Gasteiger partial charge in [-0.05, 0) is 68.3 Å². The number of hydrogen-bond acceptors (Lipinski definition) is 2. The van der Waals surface area contributed by atoms with Crippen LogP contribution in [0.2, 0.25) is 0 Å². The quantitative estimate of drug-likeness (QED) is 0.732. The van der Waals surface area contributed by atoms with Gasteiger partial charge in [-0.1, -0.05) is 31.1 Å². The van der Waals surface area contributed by atoms with Crippen molar-refractivity contribution in [1.82, 2.24) is 0 Å². The van der Waals surface area contributed by atoms with Crippen LogP contribution in [0.15, 0.2) is 23.3 Å². The third kappa shape index (κ3) is 2.15. The lowest BCUT2D eigenvalue weighted by molar-refractivity contribution is -0.162. The van der Waals surface area contributed by atoms with Gasteiger partial charge in [0.25, 0.3) is 0 Å². The Balaban J connectivity index is 1.71. The molecular formula is C20H28O3. The van der Waals surface area contributed by atoms with Crippen molar-refractivity contribution < 1.29 is 14.6 Å². The van der Waals surface area contributed by atoms with Gasteiger partial charge in [-0.15, -0.1) is 0 Å². The molecule has 0 amide bonds. The van der Waals surface area contributed by atoms with Gasteiger partial charge in [0.1, 0.15) is 0 Å². The molecule has 4 aliphatic rings. The predicted molar refractivity (Wildman–Crippen MR) is 89.1 cm³/mol. The van der Waals surface area contributed by atoms with Crippen molar-refractivity contribution in [2.75, 3.05) is 6.61 Å². The van der Waals surface area contributed by atoms with Crippen LogP contribution in [0, 0.1) is 22.7 Å². The van der Waals surface area contributed by atoms with Crippen LogP contribution in [-0.4, -0.2) is 23.8 Å². The summed E-state index contributed by atoms with van der Waals surface area (Å²) < 4.78 is 5.91. The van der Waals surface area contributed by atoms with Crippen molar-refractivity contribution in [1.29, 1.82) is 0 Å². The molecule has 2 saturated carbocycles. The van der Waals surface area contributed by atoms with Crippen LogP contribution in [0.5, 0.6) is 0 Å². The fourth-order valence-electron chi connectivity index (χ4n) is 6.18. The van der Waals surface area contributed by atoms with E-state index < -0.39 is 11.4 Å². The summed E-state index contributed by atoms with van der Waals surface area (Å²) in [6.45, 7) is 5.15. The number of carboxylic acids is 1. The average Bonchev–Trinajstić information content (AvgIpc) is 2.85. The molecule has 3 nitrogen and oxygen atoms in total. The van der Waals surface area contributed by atoms with Crippen LogP contribution in [-0.2, 0) is 9.53 Å². The van der Waals surface area contributed by atoms with Crippen molar-refractivity contribution >= 4 is 5.97 Å². The largest absolute Gasteiger partial charge is 0.481 e. The number of carboxylic acid groups (broad SMARTS) is 1. The summed E-state index contributed by atoms with van der Waals surface area (Å²) in [6, 6.07) is 0. The minimum atomic E-state index is -0.596. The van der Waals surface area contributed by atoms with E-state index in [4.69, 9.17) is 4.74 Å². The van der Waals surface area contributed by atoms with Gasteiger partial charge in [-0.3, -0.25) is 4.79 Å². The molecule has 0 bridgehead atoms. The zero-order valence-corrected chi connectivity index (χ0v) is 14.3. The van der Waals surface area contributed by atoms with Crippen molar-refractivity contribution in [3.8, 4) is 0 Å². The number of hydrogen-bond donors (Lipinski definition) is 1. The van der Waals surface area contributed by atoms with Gasteiger partial charge in [0, 0.05) is 0 Å². The van der Waals surface area contributed by atoms with Gasteiger partial charge in [0.2, 0.25) is 0 Å². The molecule has 1 N–H and O–H groups in total. The SMILES string of the molecule is CC1(C(=O)O)CCCC2(C)C3CCC4=CCOC4CC3=CCC12. The Hall–Kier alpha value is -1.09. The predicted octanol–water partition coefficient (Wildman–Crippen LogP) is 4.34. The standard InChI is InChI=1S/C20H28O3/c1-19-9-3-10-20(2,18(21)22)17(19)7-5-14-12-16-13(8-11-23-16)4-6-15(14)19/h5,8,15-17H,3-4,6-7,9-12H2,1-2H3,(H,21,22). The average molecular weight is 316 g/mol. The highest BCUT2D eigenvalue weighted by Crippen LogP contribution is 2.62. The summed E-state index contributed by atoms with van der Waals surface area (Å²) in [5.41, 5.74) is 2.60. The second kappa shape index (κ2) is 5.20. The third-order valence-electron chi connectivity index (χ3n) is 7.52. The molecule has 0 saturated heterocycles. The third-order valence-corrected chi connectivity index (χ3v) is 7.52. The van der Waals surface area contributed by atoms with E-state index in [0.29, 0.717) is 12.0 Å². The van der Waals surface area contributed by atoms with E-state index in [1.165, 1.54) is 18.4 Å². The topological polar surface area (TPSA) is 46.5 Å². The minimum Gasteiger partial charge on any atom is -0.481 e. The Morgan fingerprint density at radius 3 is 2.87 bits per heavy atom. The van der Waals surface area contributed by atoms with Crippen LogP contribution < -0.4 is 0 Å². The van der Waals surface area contributed by atoms with E-state index in [1.54, 1.807) is 5.57 Å². The number of ether oxygens (including phenoxy) is 1. The number of fused-ring (bicyclic) bond motifs is 4. The van der Waals surface area contributed by atoms with Crippen LogP contribution in [0.4, 0.5) is 0 Å². The monoisotopic (exact) mass is 316 g/mol. The fourth-order valence-corrected chi connectivity index (χ4v) is 6.18. The molecule has 3 heteroatoms. The van der Waals surface area contributed by atoms with Gasteiger partial charge in [0.15, 0.2) is 0 Å². The Bertz CT molecular complexity index is 590. The molecule has 5 unspecified atom stereocenters. The minimum absolute atomic E-state index is 0.134. The molecular weight excluding hydrogens is 288 g/mol. The Morgan fingerprint density at radius 2 is 2.09 bits per heavy atom. The zero-order valence-electron chi connectivity index (χ0n) is 14.3. The van der Waals surface area contributed by atoms with Crippen LogP contribution in [0.25, 0.3) is 0 Å². The Morgan fingerprint density at radius 1 is 1.26 bits per heavy atom. The molecule has 5 atom stereocenters. The van der Waals surface area contributed by atoms with E-state index in [1.807, 2.05) is 6.92 Å². The Kier molecular flexibility index (Phi) is 3.49. The van der Waals surface area contributed by atoms with E-state index in [9.17, 15) is 9.90 Å². The van der Waals surface area contributed by atoms with E-state index >= 15 is 0 Å². The summed E-state index contributed by atoms with van der Waals surface area (Å²) >= 11 is 0. The highest BCUT2D eigenvalue weighted by atomic mass is 16.5.